The van der Waals surface area contributed by atoms with E-state index in [1.54, 1.807) is 11.0 Å². The molecule has 2 aromatic rings. The minimum absolute atomic E-state index is 0.187. The van der Waals surface area contributed by atoms with E-state index in [9.17, 15) is 14.4 Å². The zero-order valence-corrected chi connectivity index (χ0v) is 21.2. The van der Waals surface area contributed by atoms with Gasteiger partial charge in [0.1, 0.15) is 18.4 Å². The van der Waals surface area contributed by atoms with E-state index < -0.39 is 11.9 Å². The molecule has 1 atom stereocenters. The van der Waals surface area contributed by atoms with Gasteiger partial charge in [-0.1, -0.05) is 30.3 Å². The molecule has 3 amide bonds. The maximum atomic E-state index is 13.0. The summed E-state index contributed by atoms with van der Waals surface area (Å²) < 4.78 is 6.15. The predicted octanol–water partition coefficient (Wildman–Crippen LogP) is 2.55. The van der Waals surface area contributed by atoms with Crippen molar-refractivity contribution in [1.29, 1.82) is 0 Å². The van der Waals surface area contributed by atoms with Gasteiger partial charge < -0.3 is 14.5 Å². The lowest BCUT2D eigenvalue weighted by molar-refractivity contribution is -0.136. The largest absolute Gasteiger partial charge is 0.489 e. The first-order valence-corrected chi connectivity index (χ1v) is 13.5. The Labute approximate surface area is 217 Å². The summed E-state index contributed by atoms with van der Waals surface area (Å²) in [5.74, 6) is 0.747. The molecule has 0 spiro atoms. The molecule has 2 saturated heterocycles. The van der Waals surface area contributed by atoms with Crippen molar-refractivity contribution >= 4 is 17.7 Å². The summed E-state index contributed by atoms with van der Waals surface area (Å²) in [5, 5.41) is 2.35. The third-order valence-electron chi connectivity index (χ3n) is 8.04. The number of hydrogen-bond donors (Lipinski definition) is 1. The van der Waals surface area contributed by atoms with E-state index in [0.29, 0.717) is 30.9 Å². The Morgan fingerprint density at radius 3 is 2.32 bits per heavy atom. The van der Waals surface area contributed by atoms with Crippen molar-refractivity contribution in [2.75, 3.05) is 32.7 Å². The number of benzene rings is 2. The van der Waals surface area contributed by atoms with E-state index in [1.807, 2.05) is 12.1 Å². The summed E-state index contributed by atoms with van der Waals surface area (Å²) in [5.41, 5.74) is 3.75. The number of piperazine rings is 1. The Hall–Kier alpha value is -3.23. The molecule has 3 heterocycles. The fraction of sp³-hybridized carbons (Fsp3) is 0.483. The number of hydrogen-bond acceptors (Lipinski definition) is 6. The van der Waals surface area contributed by atoms with Gasteiger partial charge in [0.2, 0.25) is 11.8 Å². The van der Waals surface area contributed by atoms with Gasteiger partial charge in [0, 0.05) is 56.8 Å². The molecule has 3 fully saturated rings. The quantitative estimate of drug-likeness (QED) is 0.559. The molecule has 8 heteroatoms. The average Bonchev–Trinajstić information content (AvgIpc) is 3.66. The van der Waals surface area contributed by atoms with Gasteiger partial charge in [-0.05, 0) is 48.4 Å². The molecule has 6 rings (SSSR count). The molecule has 37 heavy (non-hydrogen) atoms. The minimum atomic E-state index is -0.626. The summed E-state index contributed by atoms with van der Waals surface area (Å²) >= 11 is 0. The Balaban J connectivity index is 1.03. The Morgan fingerprint density at radius 2 is 1.59 bits per heavy atom. The first-order chi connectivity index (χ1) is 18.0. The van der Waals surface area contributed by atoms with Gasteiger partial charge in [0.25, 0.3) is 5.91 Å². The van der Waals surface area contributed by atoms with Crippen LogP contribution in [0.1, 0.15) is 52.7 Å². The number of imide groups is 1. The second-order valence-corrected chi connectivity index (χ2v) is 10.8. The number of carbonyl (C=O) groups is 3. The van der Waals surface area contributed by atoms with Gasteiger partial charge in [-0.3, -0.25) is 24.6 Å². The van der Waals surface area contributed by atoms with Crippen LogP contribution in [0, 0.1) is 5.92 Å². The molecular formula is C29H34N4O4. The van der Waals surface area contributed by atoms with Crippen molar-refractivity contribution in [3.63, 3.8) is 0 Å². The van der Waals surface area contributed by atoms with E-state index >= 15 is 0 Å². The highest BCUT2D eigenvalue weighted by atomic mass is 16.5. The Morgan fingerprint density at radius 1 is 0.865 bits per heavy atom. The normalized spacial score (nSPS) is 22.8. The van der Waals surface area contributed by atoms with E-state index in [0.717, 1.165) is 36.7 Å². The topological polar surface area (TPSA) is 82.2 Å². The number of ether oxygens (including phenoxy) is 1. The Bertz CT molecular complexity index is 1180. The van der Waals surface area contributed by atoms with Crippen molar-refractivity contribution in [1.82, 2.24) is 20.0 Å². The lowest BCUT2D eigenvalue weighted by Crippen LogP contribution is -2.52. The van der Waals surface area contributed by atoms with Crippen LogP contribution in [0.25, 0.3) is 0 Å². The highest BCUT2D eigenvalue weighted by Gasteiger charge is 2.40. The number of piperidine rings is 1. The number of nitrogens with one attached hydrogen (secondary N) is 1. The van der Waals surface area contributed by atoms with Crippen LogP contribution >= 0.6 is 0 Å². The Kier molecular flexibility index (Phi) is 6.69. The van der Waals surface area contributed by atoms with Crippen molar-refractivity contribution < 1.29 is 19.1 Å². The monoisotopic (exact) mass is 502 g/mol. The van der Waals surface area contributed by atoms with Crippen LogP contribution in [-0.4, -0.2) is 71.2 Å². The zero-order chi connectivity index (χ0) is 25.4. The highest BCUT2D eigenvalue weighted by Crippen LogP contribution is 2.34. The molecule has 1 aliphatic carbocycles. The summed E-state index contributed by atoms with van der Waals surface area (Å²) in [6.45, 7) is 7.59. The van der Waals surface area contributed by atoms with E-state index in [-0.39, 0.29) is 18.2 Å². The summed E-state index contributed by atoms with van der Waals surface area (Å²) in [7, 11) is 0. The molecule has 1 unspecified atom stereocenters. The SMILES string of the molecule is O=C1CCC(N2Cc3c(OCc4ccc(CN5CCN(CC6CC6)CC5)cc4)cccc3C2=O)C(=O)N1. The maximum absolute atomic E-state index is 13.0. The molecule has 3 aliphatic heterocycles. The van der Waals surface area contributed by atoms with Crippen molar-refractivity contribution in [2.24, 2.45) is 5.92 Å². The van der Waals surface area contributed by atoms with E-state index in [2.05, 4.69) is 39.4 Å². The minimum Gasteiger partial charge on any atom is -0.489 e. The number of fused-ring (bicyclic) bond motifs is 1. The van der Waals surface area contributed by atoms with Crippen LogP contribution in [0.5, 0.6) is 5.75 Å². The number of amides is 3. The predicted molar refractivity (Wildman–Crippen MR) is 138 cm³/mol. The van der Waals surface area contributed by atoms with Crippen LogP contribution in [-0.2, 0) is 29.3 Å². The fourth-order valence-corrected chi connectivity index (χ4v) is 5.65. The summed E-state index contributed by atoms with van der Waals surface area (Å²) in [4.78, 5) is 43.6. The molecule has 4 aliphatic rings. The second kappa shape index (κ2) is 10.3. The first-order valence-electron chi connectivity index (χ1n) is 13.5. The van der Waals surface area contributed by atoms with Crippen molar-refractivity contribution in [3.8, 4) is 5.75 Å². The van der Waals surface area contributed by atoms with Crippen LogP contribution in [0.4, 0.5) is 0 Å². The summed E-state index contributed by atoms with van der Waals surface area (Å²) in [6, 6.07) is 13.4. The van der Waals surface area contributed by atoms with Crippen LogP contribution in [0.2, 0.25) is 0 Å². The van der Waals surface area contributed by atoms with E-state index in [4.69, 9.17) is 4.74 Å². The third-order valence-corrected chi connectivity index (χ3v) is 8.04. The maximum Gasteiger partial charge on any atom is 0.255 e. The molecule has 2 aromatic carbocycles. The number of rotatable bonds is 8. The molecule has 0 radical (unpaired) electrons. The summed E-state index contributed by atoms with van der Waals surface area (Å²) in [6.07, 6.45) is 3.43. The van der Waals surface area contributed by atoms with Gasteiger partial charge in [-0.15, -0.1) is 0 Å². The third kappa shape index (κ3) is 5.40. The average molecular weight is 503 g/mol. The van der Waals surface area contributed by atoms with Gasteiger partial charge in [0.15, 0.2) is 0 Å². The molecule has 1 N–H and O–H groups in total. The standard InChI is InChI=1S/C29H34N4O4/c34-27-11-10-25(28(35)30-27)33-18-24-23(29(33)36)2-1-3-26(24)37-19-22-8-6-21(7-9-22)17-32-14-12-31(13-15-32)16-20-4-5-20/h1-3,6-9,20,25H,4-5,10-19H2,(H,30,34,35). The van der Waals surface area contributed by atoms with Gasteiger partial charge in [0.05, 0.1) is 6.54 Å². The van der Waals surface area contributed by atoms with Gasteiger partial charge in [-0.25, -0.2) is 0 Å². The fourth-order valence-electron chi connectivity index (χ4n) is 5.65. The van der Waals surface area contributed by atoms with E-state index in [1.165, 1.54) is 38.0 Å². The second-order valence-electron chi connectivity index (χ2n) is 10.8. The smallest absolute Gasteiger partial charge is 0.255 e. The molecule has 0 aromatic heterocycles. The number of nitrogens with zero attached hydrogens (tertiary/aromatic N) is 3. The molecule has 1 saturated carbocycles. The van der Waals surface area contributed by atoms with Gasteiger partial charge in [-0.2, -0.15) is 0 Å². The van der Waals surface area contributed by atoms with Crippen LogP contribution in [0.15, 0.2) is 42.5 Å². The molecule has 0 bridgehead atoms. The first kappa shape index (κ1) is 24.1. The molecule has 8 nitrogen and oxygen atoms in total. The lowest BCUT2D eigenvalue weighted by Gasteiger charge is -2.34. The van der Waals surface area contributed by atoms with Crippen LogP contribution < -0.4 is 10.1 Å². The molecule has 194 valence electrons. The number of carbonyl (C=O) groups excluding carboxylic acids is 3. The van der Waals surface area contributed by atoms with Gasteiger partial charge >= 0.3 is 0 Å². The molecular weight excluding hydrogens is 468 g/mol. The zero-order valence-electron chi connectivity index (χ0n) is 21.2. The van der Waals surface area contributed by atoms with Crippen LogP contribution in [0.3, 0.4) is 0 Å². The highest BCUT2D eigenvalue weighted by molar-refractivity contribution is 6.05. The van der Waals surface area contributed by atoms with Crippen molar-refractivity contribution in [2.45, 2.75) is 51.4 Å². The lowest BCUT2D eigenvalue weighted by atomic mass is 10.0. The van der Waals surface area contributed by atoms with Crippen molar-refractivity contribution in [3.05, 3.63) is 64.7 Å².